The van der Waals surface area contributed by atoms with Gasteiger partial charge < -0.3 is 10.0 Å². The van der Waals surface area contributed by atoms with Crippen molar-refractivity contribution in [2.24, 2.45) is 11.8 Å². The van der Waals surface area contributed by atoms with Crippen molar-refractivity contribution >= 4 is 35.1 Å². The maximum Gasteiger partial charge on any atom is 0.308 e. The van der Waals surface area contributed by atoms with E-state index in [1.807, 2.05) is 12.1 Å². The lowest BCUT2D eigenvalue weighted by atomic mass is 10.1. The molecule has 4 nitrogen and oxygen atoms in total. The van der Waals surface area contributed by atoms with Crippen LogP contribution in [0.25, 0.3) is 0 Å². The number of carbonyl (C=O) groups is 2. The van der Waals surface area contributed by atoms with Crippen LogP contribution in [0, 0.1) is 11.8 Å². The first kappa shape index (κ1) is 16.1. The predicted molar refractivity (Wildman–Crippen MR) is 81.7 cm³/mol. The fourth-order valence-electron chi connectivity index (χ4n) is 2.49. The van der Waals surface area contributed by atoms with E-state index in [1.165, 1.54) is 4.90 Å². The van der Waals surface area contributed by atoms with Crippen molar-refractivity contribution in [1.29, 1.82) is 0 Å². The normalized spacial score (nSPS) is 21.7. The number of carbonyl (C=O) groups excluding carboxylic acids is 1. The third kappa shape index (κ3) is 3.89. The Balaban J connectivity index is 1.99. The van der Waals surface area contributed by atoms with Crippen molar-refractivity contribution in [3.63, 3.8) is 0 Å². The molecule has 1 N–H and O–H groups in total. The maximum atomic E-state index is 12.3. The largest absolute Gasteiger partial charge is 0.481 e. The molecule has 0 aliphatic heterocycles. The Morgan fingerprint density at radius 1 is 1.33 bits per heavy atom. The van der Waals surface area contributed by atoms with Crippen LogP contribution in [-0.2, 0) is 9.59 Å². The van der Waals surface area contributed by atoms with Crippen LogP contribution in [0.2, 0.25) is 10.0 Å². The predicted octanol–water partition coefficient (Wildman–Crippen LogP) is 3.28. The topological polar surface area (TPSA) is 57.6 Å². The molecule has 0 bridgehead atoms. The molecular weight excluding hydrogens is 313 g/mol. The van der Waals surface area contributed by atoms with E-state index in [-0.39, 0.29) is 24.3 Å². The standard InChI is InChI=1S/C15H17Cl2NO3/c1-8(15(20)21)7-18(2)14(19)13-6-12(13)9-3-10(16)5-11(17)4-9/h3-5,8,12-13H,6-7H2,1-2H3,(H,20,21). The SMILES string of the molecule is CC(CN(C)C(=O)C1CC1c1cc(Cl)cc(Cl)c1)C(=O)O. The first-order chi connectivity index (χ1) is 9.79. The smallest absolute Gasteiger partial charge is 0.308 e. The summed E-state index contributed by atoms with van der Waals surface area (Å²) >= 11 is 11.9. The molecule has 6 heteroatoms. The van der Waals surface area contributed by atoms with Crippen molar-refractivity contribution < 1.29 is 14.7 Å². The molecule has 3 atom stereocenters. The van der Waals surface area contributed by atoms with Gasteiger partial charge >= 0.3 is 5.97 Å². The molecule has 1 aliphatic rings. The molecule has 0 heterocycles. The van der Waals surface area contributed by atoms with Crippen LogP contribution in [0.5, 0.6) is 0 Å². The van der Waals surface area contributed by atoms with Crippen LogP contribution in [0.4, 0.5) is 0 Å². The first-order valence-electron chi connectivity index (χ1n) is 6.73. The second-order valence-electron chi connectivity index (χ2n) is 5.61. The number of hydrogen-bond acceptors (Lipinski definition) is 2. The number of amides is 1. The third-order valence-electron chi connectivity index (χ3n) is 3.77. The number of hydrogen-bond donors (Lipinski definition) is 1. The van der Waals surface area contributed by atoms with Gasteiger partial charge in [-0.3, -0.25) is 9.59 Å². The number of aliphatic carboxylic acids is 1. The van der Waals surface area contributed by atoms with Crippen molar-refractivity contribution in [2.75, 3.05) is 13.6 Å². The summed E-state index contributed by atoms with van der Waals surface area (Å²) < 4.78 is 0. The molecule has 1 saturated carbocycles. The van der Waals surface area contributed by atoms with Crippen LogP contribution in [-0.4, -0.2) is 35.5 Å². The van der Waals surface area contributed by atoms with Crippen LogP contribution < -0.4 is 0 Å². The van der Waals surface area contributed by atoms with Crippen LogP contribution >= 0.6 is 23.2 Å². The summed E-state index contributed by atoms with van der Waals surface area (Å²) in [6.07, 6.45) is 0.751. The molecule has 0 spiro atoms. The molecule has 1 aromatic carbocycles. The van der Waals surface area contributed by atoms with Crippen LogP contribution in [0.15, 0.2) is 18.2 Å². The Hall–Kier alpha value is -1.26. The number of nitrogens with zero attached hydrogens (tertiary/aromatic N) is 1. The zero-order valence-electron chi connectivity index (χ0n) is 11.8. The van der Waals surface area contributed by atoms with E-state index in [0.29, 0.717) is 10.0 Å². The zero-order valence-corrected chi connectivity index (χ0v) is 13.4. The third-order valence-corrected chi connectivity index (χ3v) is 4.20. The van der Waals surface area contributed by atoms with Gasteiger partial charge in [0.2, 0.25) is 5.91 Å². The van der Waals surface area contributed by atoms with Crippen LogP contribution in [0.1, 0.15) is 24.8 Å². The van der Waals surface area contributed by atoms with Crippen molar-refractivity contribution in [3.8, 4) is 0 Å². The number of rotatable bonds is 5. The lowest BCUT2D eigenvalue weighted by Crippen LogP contribution is -2.34. The Morgan fingerprint density at radius 2 is 1.90 bits per heavy atom. The Labute approximate surface area is 133 Å². The second-order valence-corrected chi connectivity index (χ2v) is 6.48. The molecule has 114 valence electrons. The molecule has 0 radical (unpaired) electrons. The van der Waals surface area contributed by atoms with Gasteiger partial charge in [0.05, 0.1) is 5.92 Å². The van der Waals surface area contributed by atoms with Gasteiger partial charge in [-0.2, -0.15) is 0 Å². The average Bonchev–Trinajstić information content (AvgIpc) is 3.16. The summed E-state index contributed by atoms with van der Waals surface area (Å²) in [6, 6.07) is 5.31. The van der Waals surface area contributed by atoms with Gasteiger partial charge in [-0.25, -0.2) is 0 Å². The van der Waals surface area contributed by atoms with E-state index >= 15 is 0 Å². The summed E-state index contributed by atoms with van der Waals surface area (Å²) in [4.78, 5) is 24.6. The molecule has 1 aliphatic carbocycles. The van der Waals surface area contributed by atoms with Gasteiger partial charge in [0.1, 0.15) is 0 Å². The summed E-state index contributed by atoms with van der Waals surface area (Å²) in [5.41, 5.74) is 0.963. The van der Waals surface area contributed by atoms with E-state index in [4.69, 9.17) is 28.3 Å². The maximum absolute atomic E-state index is 12.3. The number of halogens is 2. The summed E-state index contributed by atoms with van der Waals surface area (Å²) in [7, 11) is 1.64. The summed E-state index contributed by atoms with van der Waals surface area (Å²) in [6.45, 7) is 1.81. The minimum Gasteiger partial charge on any atom is -0.481 e. The Morgan fingerprint density at radius 3 is 2.43 bits per heavy atom. The lowest BCUT2D eigenvalue weighted by molar-refractivity contribution is -0.142. The fourth-order valence-corrected chi connectivity index (χ4v) is 3.03. The monoisotopic (exact) mass is 329 g/mol. The van der Waals surface area contributed by atoms with E-state index in [0.717, 1.165) is 12.0 Å². The number of benzene rings is 1. The zero-order chi connectivity index (χ0) is 15.7. The molecule has 21 heavy (non-hydrogen) atoms. The van der Waals surface area contributed by atoms with Gasteiger partial charge in [-0.05, 0) is 36.1 Å². The molecule has 1 amide bonds. The molecule has 1 fully saturated rings. The highest BCUT2D eigenvalue weighted by Gasteiger charge is 2.45. The van der Waals surface area contributed by atoms with Crippen molar-refractivity contribution in [3.05, 3.63) is 33.8 Å². The van der Waals surface area contributed by atoms with Gasteiger partial charge in [-0.15, -0.1) is 0 Å². The molecule has 0 saturated heterocycles. The Kier molecular flexibility index (Phi) is 4.79. The number of carboxylic acids is 1. The lowest BCUT2D eigenvalue weighted by Gasteiger charge is -2.19. The summed E-state index contributed by atoms with van der Waals surface area (Å²) in [5.74, 6) is -1.48. The molecule has 3 unspecified atom stereocenters. The van der Waals surface area contributed by atoms with E-state index in [1.54, 1.807) is 20.0 Å². The molecular formula is C15H17Cl2NO3. The minimum atomic E-state index is -0.899. The van der Waals surface area contributed by atoms with E-state index in [2.05, 4.69) is 0 Å². The highest BCUT2D eigenvalue weighted by molar-refractivity contribution is 6.34. The summed E-state index contributed by atoms with van der Waals surface area (Å²) in [5, 5.41) is 10.0. The van der Waals surface area contributed by atoms with E-state index in [9.17, 15) is 9.59 Å². The fraction of sp³-hybridized carbons (Fsp3) is 0.467. The van der Waals surface area contributed by atoms with E-state index < -0.39 is 11.9 Å². The van der Waals surface area contributed by atoms with Gasteiger partial charge in [0.25, 0.3) is 0 Å². The molecule has 0 aromatic heterocycles. The van der Waals surface area contributed by atoms with Gasteiger partial charge in [0.15, 0.2) is 0 Å². The quantitative estimate of drug-likeness (QED) is 0.901. The van der Waals surface area contributed by atoms with Crippen molar-refractivity contribution in [2.45, 2.75) is 19.3 Å². The van der Waals surface area contributed by atoms with Crippen molar-refractivity contribution in [1.82, 2.24) is 4.90 Å². The van der Waals surface area contributed by atoms with Gasteiger partial charge in [0, 0.05) is 29.6 Å². The average molecular weight is 330 g/mol. The second kappa shape index (κ2) is 6.24. The van der Waals surface area contributed by atoms with Crippen LogP contribution in [0.3, 0.4) is 0 Å². The van der Waals surface area contributed by atoms with Gasteiger partial charge in [-0.1, -0.05) is 30.1 Å². The Bertz CT molecular complexity index is 556. The minimum absolute atomic E-state index is 0.0239. The molecule has 1 aromatic rings. The molecule has 2 rings (SSSR count). The first-order valence-corrected chi connectivity index (χ1v) is 7.49. The number of carboxylic acid groups (broad SMARTS) is 1. The highest BCUT2D eigenvalue weighted by Crippen LogP contribution is 2.49. The highest BCUT2D eigenvalue weighted by atomic mass is 35.5.